The number of carbonyl (C=O) groups excluding carboxylic acids is 1. The van der Waals surface area contributed by atoms with Crippen molar-refractivity contribution in [2.45, 2.75) is 176 Å². The predicted octanol–water partition coefficient (Wildman–Crippen LogP) is 10.8. The second-order valence-corrected chi connectivity index (χ2v) is 13.0. The Bertz CT molecular complexity index is 718. The minimum absolute atomic E-state index is 0.190. The normalized spacial score (nSPS) is 13.3. The summed E-state index contributed by atoms with van der Waals surface area (Å²) in [4.78, 5) is 13.7. The zero-order valence-corrected chi connectivity index (χ0v) is 26.6. The first kappa shape index (κ1) is 35.2. The fraction of sp³-hybridized carbons (Fsp3) is 0.829. The van der Waals surface area contributed by atoms with E-state index in [0.717, 1.165) is 25.6 Å². The fourth-order valence-electron chi connectivity index (χ4n) is 6.15. The van der Waals surface area contributed by atoms with Crippen LogP contribution in [0.5, 0.6) is 0 Å². The molecule has 0 aliphatic rings. The molecule has 1 rings (SSSR count). The Kier molecular flexibility index (Phi) is 19.4. The van der Waals surface area contributed by atoms with E-state index in [4.69, 9.17) is 0 Å². The van der Waals surface area contributed by atoms with Gasteiger partial charge < -0.3 is 0 Å². The summed E-state index contributed by atoms with van der Waals surface area (Å²) in [6.45, 7) is 16.3. The molecule has 1 aromatic rings. The third-order valence-corrected chi connectivity index (χ3v) is 9.02. The maximum atomic E-state index is 13.7. The molecule has 0 fully saturated rings. The van der Waals surface area contributed by atoms with E-state index < -0.39 is 0 Å². The molecule has 1 nitrogen and oxygen atoms in total. The van der Waals surface area contributed by atoms with Crippen molar-refractivity contribution in [1.29, 1.82) is 0 Å². The summed E-state index contributed by atoms with van der Waals surface area (Å²) in [5.74, 6) is 2.20. The molecule has 0 saturated carbocycles. The molecule has 0 aromatic carbocycles. The Hall–Kier alpha value is -0.850. The van der Waals surface area contributed by atoms with E-state index in [2.05, 4.69) is 73.8 Å². The fourth-order valence-corrected chi connectivity index (χ4v) is 6.15. The zero-order chi connectivity index (χ0) is 28.1. The van der Waals surface area contributed by atoms with Gasteiger partial charge in [0.05, 0.1) is 0 Å². The van der Waals surface area contributed by atoms with Crippen LogP contribution in [0.4, 0.5) is 0 Å². The number of hydrogen-bond donors (Lipinski definition) is 0. The Morgan fingerprint density at radius 2 is 1.21 bits per heavy atom. The van der Waals surface area contributed by atoms with Gasteiger partial charge in [-0.15, -0.1) is 0 Å². The van der Waals surface area contributed by atoms with E-state index in [1.54, 1.807) is 0 Å². The molecule has 1 heterocycles. The van der Waals surface area contributed by atoms with Crippen molar-refractivity contribution in [3.63, 3.8) is 0 Å². The van der Waals surface area contributed by atoms with Crippen LogP contribution in [0.25, 0.3) is 0 Å². The monoisotopic (exact) mass is 522 g/mol. The zero-order valence-electron chi connectivity index (χ0n) is 26.6. The Balaban J connectivity index is 2.88. The number of carbonyl (C=O) groups is 1. The molecule has 1 atom stereocenters. The average Bonchev–Trinajstić information content (AvgIpc) is 2.91. The molecule has 0 N–H and O–H groups in total. The first-order valence-corrected chi connectivity index (χ1v) is 16.8. The summed E-state index contributed by atoms with van der Waals surface area (Å²) < 4.78 is 0. The Morgan fingerprint density at radius 3 is 1.79 bits per heavy atom. The topological polar surface area (TPSA) is 17.1 Å². The van der Waals surface area contributed by atoms with Crippen LogP contribution >= 0.6 is 0 Å². The van der Waals surface area contributed by atoms with Gasteiger partial charge in [-0.1, -0.05) is 0 Å². The van der Waals surface area contributed by atoms with E-state index in [1.165, 1.54) is 120 Å². The van der Waals surface area contributed by atoms with Crippen molar-refractivity contribution in [2.75, 3.05) is 0 Å². The standard InChI is InChI=1S/C35H63B2O/c1-7-11-15-18-19-25-34(5,24-14-10-4)29-32-31(23-22-28-36-32)30-37-33(38)35(6,26-20-16-12-8-2)27-21-17-13-9-3/h22-23,28H,7-21,24-27,29-30H2,1-6H3. The molecule has 0 amide bonds. The molecule has 1 unspecified atom stereocenters. The molecule has 215 valence electrons. The molecule has 0 spiro atoms. The van der Waals surface area contributed by atoms with Crippen LogP contribution in [0.15, 0.2) is 18.1 Å². The molecule has 0 bridgehead atoms. The molecule has 3 heteroatoms. The number of rotatable bonds is 25. The van der Waals surface area contributed by atoms with Gasteiger partial charge in [0, 0.05) is 0 Å². The van der Waals surface area contributed by atoms with Gasteiger partial charge >= 0.3 is 241 Å². The van der Waals surface area contributed by atoms with Crippen molar-refractivity contribution in [3.05, 3.63) is 29.1 Å². The van der Waals surface area contributed by atoms with E-state index in [9.17, 15) is 4.79 Å². The van der Waals surface area contributed by atoms with Crippen LogP contribution in [0.2, 0.25) is 0 Å². The van der Waals surface area contributed by atoms with Gasteiger partial charge in [0.25, 0.3) is 0 Å². The Labute approximate surface area is 240 Å². The summed E-state index contributed by atoms with van der Waals surface area (Å²) >= 11 is 0. The second kappa shape index (κ2) is 21.0. The first-order valence-electron chi connectivity index (χ1n) is 16.8. The van der Waals surface area contributed by atoms with Crippen LogP contribution in [0, 0.1) is 10.8 Å². The third kappa shape index (κ3) is 14.5. The van der Waals surface area contributed by atoms with Gasteiger partial charge in [0.15, 0.2) is 0 Å². The van der Waals surface area contributed by atoms with E-state index in [-0.39, 0.29) is 5.41 Å². The van der Waals surface area contributed by atoms with Crippen LogP contribution in [-0.4, -0.2) is 19.9 Å². The van der Waals surface area contributed by atoms with E-state index in [1.807, 2.05) is 0 Å². The molecular weight excluding hydrogens is 458 g/mol. The summed E-state index contributed by atoms with van der Waals surface area (Å²) in [5.41, 5.74) is 3.40. The van der Waals surface area contributed by atoms with Crippen LogP contribution in [0.3, 0.4) is 0 Å². The predicted molar refractivity (Wildman–Crippen MR) is 173 cm³/mol. The SMILES string of the molecule is CCCCCCCC(C)(CCCC)Cc1bcccc1C[B]C(=O)C(C)(CCCCCC)CCCCCC. The molecule has 0 saturated heterocycles. The van der Waals surface area contributed by atoms with Crippen molar-refractivity contribution < 1.29 is 4.79 Å². The van der Waals surface area contributed by atoms with E-state index >= 15 is 0 Å². The Morgan fingerprint density at radius 1 is 0.711 bits per heavy atom. The summed E-state index contributed by atoms with van der Waals surface area (Å²) in [5, 5.41) is 0. The molecule has 1 radical (unpaired) electrons. The minimum atomic E-state index is -0.190. The summed E-state index contributed by atoms with van der Waals surface area (Å²) in [6, 6.07) is 4.44. The summed E-state index contributed by atoms with van der Waals surface area (Å²) in [7, 11) is 2.06. The molecule has 0 aliphatic heterocycles. The van der Waals surface area contributed by atoms with Gasteiger partial charge in [0.2, 0.25) is 0 Å². The van der Waals surface area contributed by atoms with Crippen LogP contribution in [-0.2, 0) is 17.5 Å². The van der Waals surface area contributed by atoms with Crippen LogP contribution < -0.4 is 0 Å². The van der Waals surface area contributed by atoms with Gasteiger partial charge in [0.1, 0.15) is 0 Å². The molecule has 0 aliphatic carbocycles. The first-order chi connectivity index (χ1) is 18.3. The van der Waals surface area contributed by atoms with E-state index in [0.29, 0.717) is 11.1 Å². The summed E-state index contributed by atoms with van der Waals surface area (Å²) in [6.07, 6.45) is 26.0. The van der Waals surface area contributed by atoms with Gasteiger partial charge in [-0.2, -0.15) is 0 Å². The van der Waals surface area contributed by atoms with Crippen molar-refractivity contribution in [2.24, 2.45) is 10.8 Å². The second-order valence-electron chi connectivity index (χ2n) is 13.0. The quantitative estimate of drug-likeness (QED) is 0.0924. The average molecular weight is 522 g/mol. The van der Waals surface area contributed by atoms with Gasteiger partial charge in [-0.3, -0.25) is 0 Å². The van der Waals surface area contributed by atoms with Crippen molar-refractivity contribution >= 4 is 19.9 Å². The third-order valence-electron chi connectivity index (χ3n) is 9.02. The number of unbranched alkanes of at least 4 members (excludes halogenated alkanes) is 11. The number of hydrogen-bond acceptors (Lipinski definition) is 1. The van der Waals surface area contributed by atoms with Gasteiger partial charge in [-0.25, -0.2) is 0 Å². The molecule has 1 aromatic heterocycles. The van der Waals surface area contributed by atoms with Crippen molar-refractivity contribution in [1.82, 2.24) is 0 Å². The maximum absolute atomic E-state index is 13.7. The van der Waals surface area contributed by atoms with Gasteiger partial charge in [-0.05, 0) is 0 Å². The molecular formula is C35H63B2O. The van der Waals surface area contributed by atoms with Crippen LogP contribution in [0.1, 0.15) is 175 Å². The van der Waals surface area contributed by atoms with Crippen molar-refractivity contribution in [3.8, 4) is 0 Å². The molecule has 38 heavy (non-hydrogen) atoms.